The first kappa shape index (κ1) is 17.8. The van der Waals surface area contributed by atoms with E-state index in [0.717, 1.165) is 16.7 Å². The molecule has 2 N–H and O–H groups in total. The summed E-state index contributed by atoms with van der Waals surface area (Å²) in [5.41, 5.74) is 1.19. The molecule has 6 nitrogen and oxygen atoms in total. The highest BCUT2D eigenvalue weighted by Gasteiger charge is 2.36. The molecule has 1 fully saturated rings. The minimum absolute atomic E-state index is 0.270. The average molecular weight is 441 g/mol. The molecular formula is C16H11BrClN3O3S. The number of nitrogens with one attached hydrogen (secondary N) is 2. The Balaban J connectivity index is 1.67. The van der Waals surface area contributed by atoms with Gasteiger partial charge in [-0.05, 0) is 64.1 Å². The van der Waals surface area contributed by atoms with E-state index < -0.39 is 17.1 Å². The zero-order valence-electron chi connectivity index (χ0n) is 12.6. The number of carbonyl (C=O) groups is 3. The van der Waals surface area contributed by atoms with Gasteiger partial charge in [-0.3, -0.25) is 19.3 Å². The number of aromatic nitrogens is 1. The van der Waals surface area contributed by atoms with Crippen LogP contribution in [0.15, 0.2) is 45.9 Å². The molecule has 1 aliphatic rings. The zero-order valence-corrected chi connectivity index (χ0v) is 15.7. The fraction of sp³-hybridized carbons (Fsp3) is 0.0625. The SMILES string of the molecule is O=C(CN1C(=O)S/C(=C/c2ccc[nH]2)C1=O)Nc1ccc(Br)c(Cl)c1. The normalized spacial score (nSPS) is 15.9. The van der Waals surface area contributed by atoms with Crippen LogP contribution in [0.2, 0.25) is 5.02 Å². The summed E-state index contributed by atoms with van der Waals surface area (Å²) >= 11 is 10.0. The number of anilines is 1. The Kier molecular flexibility index (Phi) is 5.31. The van der Waals surface area contributed by atoms with Gasteiger partial charge in [0.2, 0.25) is 5.91 Å². The number of rotatable bonds is 4. The number of halogens is 2. The average Bonchev–Trinajstić information content (AvgIpc) is 3.15. The predicted molar refractivity (Wildman–Crippen MR) is 101 cm³/mol. The first-order valence-corrected chi connectivity index (χ1v) is 9.06. The molecule has 0 radical (unpaired) electrons. The van der Waals surface area contributed by atoms with E-state index in [4.69, 9.17) is 11.6 Å². The van der Waals surface area contributed by atoms with Crippen molar-refractivity contribution in [3.63, 3.8) is 0 Å². The molecule has 1 saturated heterocycles. The van der Waals surface area contributed by atoms with Gasteiger partial charge in [0.1, 0.15) is 6.54 Å². The quantitative estimate of drug-likeness (QED) is 0.701. The van der Waals surface area contributed by atoms with Crippen LogP contribution in [0.1, 0.15) is 5.69 Å². The van der Waals surface area contributed by atoms with E-state index in [1.54, 1.807) is 42.6 Å². The van der Waals surface area contributed by atoms with Crippen molar-refractivity contribution in [2.24, 2.45) is 0 Å². The van der Waals surface area contributed by atoms with Crippen molar-refractivity contribution in [3.8, 4) is 0 Å². The highest BCUT2D eigenvalue weighted by molar-refractivity contribution is 9.10. The van der Waals surface area contributed by atoms with Crippen molar-refractivity contribution >= 4 is 68.1 Å². The molecule has 2 heterocycles. The highest BCUT2D eigenvalue weighted by atomic mass is 79.9. The fourth-order valence-corrected chi connectivity index (χ4v) is 3.39. The van der Waals surface area contributed by atoms with Crippen molar-refractivity contribution in [2.45, 2.75) is 0 Å². The van der Waals surface area contributed by atoms with Gasteiger partial charge < -0.3 is 10.3 Å². The van der Waals surface area contributed by atoms with Crippen LogP contribution in [0, 0.1) is 0 Å². The second-order valence-corrected chi connectivity index (χ2v) is 7.33. The summed E-state index contributed by atoms with van der Waals surface area (Å²) in [5.74, 6) is -0.976. The smallest absolute Gasteiger partial charge is 0.294 e. The number of nitrogens with zero attached hydrogens (tertiary/aromatic N) is 1. The molecular weight excluding hydrogens is 430 g/mol. The molecule has 0 saturated carbocycles. The number of hydrogen-bond donors (Lipinski definition) is 2. The molecule has 2 aromatic rings. The standard InChI is InChI=1S/C16H11BrClN3O3S/c17-11-4-3-10(6-12(11)18)20-14(22)8-21-15(23)13(25-16(21)24)7-9-2-1-5-19-9/h1-7,19H,8H2,(H,20,22)/b13-7+. The number of imide groups is 1. The van der Waals surface area contributed by atoms with Gasteiger partial charge in [-0.2, -0.15) is 0 Å². The van der Waals surface area contributed by atoms with Gasteiger partial charge in [-0.1, -0.05) is 11.6 Å². The minimum atomic E-state index is -0.492. The van der Waals surface area contributed by atoms with Gasteiger partial charge >= 0.3 is 0 Å². The van der Waals surface area contributed by atoms with Crippen LogP contribution in [0.25, 0.3) is 6.08 Å². The summed E-state index contributed by atoms with van der Waals surface area (Å²) in [5, 5.41) is 2.58. The maximum absolute atomic E-state index is 12.3. The van der Waals surface area contributed by atoms with Crippen molar-refractivity contribution in [1.29, 1.82) is 0 Å². The van der Waals surface area contributed by atoms with Crippen molar-refractivity contribution in [1.82, 2.24) is 9.88 Å². The molecule has 3 amide bonds. The third-order valence-electron chi connectivity index (χ3n) is 3.29. The zero-order chi connectivity index (χ0) is 18.0. The molecule has 0 atom stereocenters. The van der Waals surface area contributed by atoms with Crippen LogP contribution in [0.3, 0.4) is 0 Å². The van der Waals surface area contributed by atoms with Crippen molar-refractivity contribution in [2.75, 3.05) is 11.9 Å². The van der Waals surface area contributed by atoms with Crippen LogP contribution in [0.5, 0.6) is 0 Å². The van der Waals surface area contributed by atoms with E-state index in [2.05, 4.69) is 26.2 Å². The minimum Gasteiger partial charge on any atom is -0.362 e. The molecule has 128 valence electrons. The van der Waals surface area contributed by atoms with Gasteiger partial charge in [0.05, 0.1) is 9.93 Å². The third-order valence-corrected chi connectivity index (χ3v) is 5.43. The van der Waals surface area contributed by atoms with E-state index in [0.29, 0.717) is 20.9 Å². The number of amides is 3. The van der Waals surface area contributed by atoms with Crippen molar-refractivity contribution in [3.05, 3.63) is 56.6 Å². The number of thioether (sulfide) groups is 1. The third kappa shape index (κ3) is 4.15. The molecule has 0 spiro atoms. The lowest BCUT2D eigenvalue weighted by Crippen LogP contribution is -2.36. The number of hydrogen-bond acceptors (Lipinski definition) is 4. The van der Waals surface area contributed by atoms with Gasteiger partial charge in [0.25, 0.3) is 11.1 Å². The van der Waals surface area contributed by atoms with Crippen LogP contribution < -0.4 is 5.32 Å². The highest BCUT2D eigenvalue weighted by Crippen LogP contribution is 2.32. The lowest BCUT2D eigenvalue weighted by atomic mass is 10.3. The van der Waals surface area contributed by atoms with Crippen LogP contribution in [-0.4, -0.2) is 33.5 Å². The first-order valence-electron chi connectivity index (χ1n) is 7.07. The van der Waals surface area contributed by atoms with Gasteiger partial charge in [-0.25, -0.2) is 0 Å². The Labute approximate surface area is 160 Å². The molecule has 1 aromatic carbocycles. The number of aromatic amines is 1. The Morgan fingerprint density at radius 3 is 2.84 bits per heavy atom. The predicted octanol–water partition coefficient (Wildman–Crippen LogP) is 4.11. The first-order chi connectivity index (χ1) is 11.9. The van der Waals surface area contributed by atoms with E-state index in [1.807, 2.05) is 0 Å². The van der Waals surface area contributed by atoms with Gasteiger partial charge in [0, 0.05) is 22.1 Å². The molecule has 0 bridgehead atoms. The van der Waals surface area contributed by atoms with E-state index in [-0.39, 0.29) is 11.4 Å². The number of benzene rings is 1. The van der Waals surface area contributed by atoms with E-state index >= 15 is 0 Å². The van der Waals surface area contributed by atoms with Crippen LogP contribution >= 0.6 is 39.3 Å². The number of H-pyrrole nitrogens is 1. The summed E-state index contributed by atoms with van der Waals surface area (Å²) < 4.78 is 0.701. The molecule has 1 aliphatic heterocycles. The van der Waals surface area contributed by atoms with Gasteiger partial charge in [-0.15, -0.1) is 0 Å². The summed E-state index contributed by atoms with van der Waals surface area (Å²) in [6.45, 7) is -0.361. The molecule has 1 aromatic heterocycles. The maximum Gasteiger partial charge on any atom is 0.294 e. The monoisotopic (exact) mass is 439 g/mol. The molecule has 3 rings (SSSR count). The Bertz CT molecular complexity index is 883. The van der Waals surface area contributed by atoms with Crippen LogP contribution in [-0.2, 0) is 9.59 Å². The lowest BCUT2D eigenvalue weighted by Gasteiger charge is -2.12. The molecule has 25 heavy (non-hydrogen) atoms. The van der Waals surface area contributed by atoms with Crippen molar-refractivity contribution < 1.29 is 14.4 Å². The summed E-state index contributed by atoms with van der Waals surface area (Å²) in [6.07, 6.45) is 3.30. The van der Waals surface area contributed by atoms with E-state index in [9.17, 15) is 14.4 Å². The second-order valence-electron chi connectivity index (χ2n) is 5.07. The Hall–Kier alpha value is -2.03. The number of carbonyl (C=O) groups excluding carboxylic acids is 3. The van der Waals surface area contributed by atoms with E-state index in [1.165, 1.54) is 0 Å². The molecule has 0 unspecified atom stereocenters. The Morgan fingerprint density at radius 1 is 1.36 bits per heavy atom. The lowest BCUT2D eigenvalue weighted by molar-refractivity contribution is -0.127. The Morgan fingerprint density at radius 2 is 2.16 bits per heavy atom. The second kappa shape index (κ2) is 7.47. The molecule has 0 aliphatic carbocycles. The van der Waals surface area contributed by atoms with Crippen LogP contribution in [0.4, 0.5) is 10.5 Å². The maximum atomic E-state index is 12.3. The molecule has 9 heteroatoms. The summed E-state index contributed by atoms with van der Waals surface area (Å²) in [6, 6.07) is 8.48. The largest absolute Gasteiger partial charge is 0.362 e. The fourth-order valence-electron chi connectivity index (χ4n) is 2.13. The summed E-state index contributed by atoms with van der Waals surface area (Å²) in [7, 11) is 0. The topological polar surface area (TPSA) is 82.3 Å². The van der Waals surface area contributed by atoms with Gasteiger partial charge in [0.15, 0.2) is 0 Å². The summed E-state index contributed by atoms with van der Waals surface area (Å²) in [4.78, 5) is 40.6.